The van der Waals surface area contributed by atoms with E-state index < -0.39 is 13.9 Å². The first-order valence-corrected chi connectivity index (χ1v) is 14.9. The molecule has 0 bridgehead atoms. The minimum atomic E-state index is -2.10. The van der Waals surface area contributed by atoms with Crippen molar-refractivity contribution in [1.29, 1.82) is 0 Å². The zero-order valence-corrected chi connectivity index (χ0v) is 23.2. The van der Waals surface area contributed by atoms with Gasteiger partial charge in [0.1, 0.15) is 11.4 Å². The van der Waals surface area contributed by atoms with Gasteiger partial charge in [-0.2, -0.15) is 0 Å². The molecule has 2 saturated heterocycles. The number of ether oxygens (including phenoxy) is 1. The molecule has 0 unspecified atom stereocenters. The van der Waals surface area contributed by atoms with Gasteiger partial charge >= 0.3 is 5.97 Å². The number of hydrogen-bond acceptors (Lipinski definition) is 4. The predicted molar refractivity (Wildman–Crippen MR) is 133 cm³/mol. The number of carbonyl (C=O) groups is 1. The average molecular weight is 529 g/mol. The maximum atomic E-state index is 13.9. The number of esters is 1. The molecule has 180 valence electrons. The third kappa shape index (κ3) is 4.35. The highest BCUT2D eigenvalue weighted by Crippen LogP contribution is 2.49. The highest BCUT2D eigenvalue weighted by Gasteiger charge is 2.60. The molecule has 2 fully saturated rings. The van der Waals surface area contributed by atoms with E-state index in [-0.39, 0.29) is 23.9 Å². The smallest absolute Gasteiger partial charge is 0.326 e. The van der Waals surface area contributed by atoms with Crippen LogP contribution in [0.4, 0.5) is 4.39 Å². The van der Waals surface area contributed by atoms with Crippen LogP contribution in [0.2, 0.25) is 16.6 Å². The third-order valence-electron chi connectivity index (χ3n) is 7.93. The number of benzene rings is 1. The van der Waals surface area contributed by atoms with E-state index in [2.05, 4.69) is 62.4 Å². The largest absolute Gasteiger partial charge is 0.468 e. The summed E-state index contributed by atoms with van der Waals surface area (Å²) in [5.41, 5.74) is 1.61. The van der Waals surface area contributed by atoms with E-state index >= 15 is 0 Å². The summed E-state index contributed by atoms with van der Waals surface area (Å²) in [6, 6.07) is 5.25. The number of carbonyl (C=O) groups excluding carboxylic acids is 1. The summed E-state index contributed by atoms with van der Waals surface area (Å²) in [5, 5.41) is 0. The number of fused-ring (bicyclic) bond motifs is 1. The van der Waals surface area contributed by atoms with E-state index in [4.69, 9.17) is 9.16 Å². The molecule has 3 rings (SSSR count). The zero-order valence-electron chi connectivity index (χ0n) is 20.6. The van der Waals surface area contributed by atoms with Crippen molar-refractivity contribution in [2.24, 2.45) is 0 Å². The van der Waals surface area contributed by atoms with E-state index in [0.717, 1.165) is 24.9 Å². The van der Waals surface area contributed by atoms with Gasteiger partial charge in [-0.1, -0.05) is 47.6 Å². The van der Waals surface area contributed by atoms with Crippen LogP contribution in [0.25, 0.3) is 0 Å². The lowest BCUT2D eigenvalue weighted by atomic mass is 9.87. The summed E-state index contributed by atoms with van der Waals surface area (Å²) >= 11 is 3.30. The Morgan fingerprint density at radius 1 is 1.22 bits per heavy atom. The molecule has 0 saturated carbocycles. The predicted octanol–water partition coefficient (Wildman–Crippen LogP) is 6.47. The Hall–Kier alpha value is -0.763. The van der Waals surface area contributed by atoms with Crippen molar-refractivity contribution in [3.8, 4) is 0 Å². The highest BCUT2D eigenvalue weighted by atomic mass is 79.9. The molecule has 1 aromatic carbocycles. The molecule has 0 N–H and O–H groups in total. The minimum absolute atomic E-state index is 0.0133. The first kappa shape index (κ1) is 25.9. The third-order valence-corrected chi connectivity index (χ3v) is 14.7. The van der Waals surface area contributed by atoms with Gasteiger partial charge in [0.15, 0.2) is 0 Å². The SMILES string of the molecule is COC(=O)[C@]1(Cc2ccc(F)c(Br)c2)C[C@H](O[Si](C(C)C)(C(C)C)C(C)C)[C@@H]2CCCN21. The van der Waals surface area contributed by atoms with Crippen LogP contribution in [0.5, 0.6) is 0 Å². The van der Waals surface area contributed by atoms with Gasteiger partial charge in [-0.05, 0) is 69.6 Å². The van der Waals surface area contributed by atoms with E-state index in [1.165, 1.54) is 13.2 Å². The Bertz CT molecular complexity index is 812. The number of nitrogens with zero attached hydrogens (tertiary/aromatic N) is 1. The van der Waals surface area contributed by atoms with Crippen molar-refractivity contribution >= 4 is 30.2 Å². The molecule has 2 aliphatic rings. The molecule has 0 spiro atoms. The van der Waals surface area contributed by atoms with Crippen molar-refractivity contribution in [3.05, 3.63) is 34.1 Å². The van der Waals surface area contributed by atoms with Gasteiger partial charge in [-0.25, -0.2) is 4.39 Å². The van der Waals surface area contributed by atoms with Gasteiger partial charge in [0.05, 0.1) is 17.7 Å². The van der Waals surface area contributed by atoms with Crippen LogP contribution >= 0.6 is 15.9 Å². The quantitative estimate of drug-likeness (QED) is 0.286. The molecule has 0 aliphatic carbocycles. The molecule has 4 nitrogen and oxygen atoms in total. The van der Waals surface area contributed by atoms with Crippen molar-refractivity contribution in [1.82, 2.24) is 4.90 Å². The Labute approximate surface area is 202 Å². The second-order valence-corrected chi connectivity index (χ2v) is 16.8. The monoisotopic (exact) mass is 527 g/mol. The molecule has 0 radical (unpaired) electrons. The van der Waals surface area contributed by atoms with Crippen molar-refractivity contribution < 1.29 is 18.3 Å². The van der Waals surface area contributed by atoms with Crippen LogP contribution < -0.4 is 0 Å². The fourth-order valence-electron chi connectivity index (χ4n) is 6.71. The summed E-state index contributed by atoms with van der Waals surface area (Å²) < 4.78 is 26.9. The average Bonchev–Trinajstić information content (AvgIpc) is 3.31. The maximum Gasteiger partial charge on any atom is 0.326 e. The van der Waals surface area contributed by atoms with Crippen LogP contribution in [-0.2, 0) is 20.4 Å². The van der Waals surface area contributed by atoms with Crippen molar-refractivity contribution in [3.63, 3.8) is 0 Å². The second-order valence-electron chi connectivity index (χ2n) is 10.5. The first-order valence-electron chi connectivity index (χ1n) is 12.0. The summed E-state index contributed by atoms with van der Waals surface area (Å²) in [7, 11) is -0.633. The number of halogens is 2. The summed E-state index contributed by atoms with van der Waals surface area (Å²) in [4.78, 5) is 15.7. The fraction of sp³-hybridized carbons (Fsp3) is 0.720. The molecule has 32 heavy (non-hydrogen) atoms. The Morgan fingerprint density at radius 2 is 1.84 bits per heavy atom. The Morgan fingerprint density at radius 3 is 2.38 bits per heavy atom. The zero-order chi connectivity index (χ0) is 23.8. The molecule has 0 aromatic heterocycles. The van der Waals surface area contributed by atoms with Crippen LogP contribution in [0, 0.1) is 5.82 Å². The molecule has 3 atom stereocenters. The van der Waals surface area contributed by atoms with Crippen LogP contribution in [-0.4, -0.2) is 50.5 Å². The fourth-order valence-corrected chi connectivity index (χ4v) is 12.7. The normalized spacial score (nSPS) is 26.4. The van der Waals surface area contributed by atoms with E-state index in [1.807, 2.05) is 0 Å². The summed E-state index contributed by atoms with van der Waals surface area (Å²) in [6.45, 7) is 14.7. The minimum Gasteiger partial charge on any atom is -0.468 e. The van der Waals surface area contributed by atoms with Crippen LogP contribution in [0.3, 0.4) is 0 Å². The van der Waals surface area contributed by atoms with Crippen molar-refractivity contribution in [2.45, 2.75) is 102 Å². The lowest BCUT2D eigenvalue weighted by Gasteiger charge is -2.45. The number of rotatable bonds is 8. The Balaban J connectivity index is 2.01. The molecule has 2 aliphatic heterocycles. The van der Waals surface area contributed by atoms with E-state index in [1.54, 1.807) is 12.1 Å². The van der Waals surface area contributed by atoms with E-state index in [9.17, 15) is 9.18 Å². The molecule has 7 heteroatoms. The summed E-state index contributed by atoms with van der Waals surface area (Å²) in [5.74, 6) is -0.504. The molecule has 1 aromatic rings. The van der Waals surface area contributed by atoms with Gasteiger partial charge in [0.2, 0.25) is 8.32 Å². The Kier molecular flexibility index (Phi) is 7.95. The van der Waals surface area contributed by atoms with E-state index in [0.29, 0.717) is 33.9 Å². The van der Waals surface area contributed by atoms with Crippen LogP contribution in [0.15, 0.2) is 22.7 Å². The van der Waals surface area contributed by atoms with Crippen LogP contribution in [0.1, 0.15) is 66.4 Å². The lowest BCUT2D eigenvalue weighted by Crippen LogP contribution is -2.53. The van der Waals surface area contributed by atoms with Crippen molar-refractivity contribution in [2.75, 3.05) is 13.7 Å². The number of hydrogen-bond donors (Lipinski definition) is 0. The molecule has 0 amide bonds. The lowest BCUT2D eigenvalue weighted by molar-refractivity contribution is -0.153. The highest BCUT2D eigenvalue weighted by molar-refractivity contribution is 9.10. The molecular weight excluding hydrogens is 489 g/mol. The summed E-state index contributed by atoms with van der Waals surface area (Å²) in [6.07, 6.45) is 3.22. The van der Waals surface area contributed by atoms with Gasteiger partial charge in [0, 0.05) is 18.9 Å². The topological polar surface area (TPSA) is 38.8 Å². The second kappa shape index (κ2) is 9.85. The molecular formula is C25H39BrFNO3Si. The maximum absolute atomic E-state index is 13.9. The molecule has 2 heterocycles. The van der Waals surface area contributed by atoms with Gasteiger partial charge < -0.3 is 9.16 Å². The van der Waals surface area contributed by atoms with Gasteiger partial charge in [-0.15, -0.1) is 0 Å². The first-order chi connectivity index (χ1) is 15.0. The standard InChI is InChI=1S/C25H39BrFNO3Si/c1-16(2)32(17(3)4,18(5)6)31-23-15-25(24(29)30-7,28-12-8-9-22(23)28)14-19-10-11-21(27)20(26)13-19/h10-11,13,16-18,22-23H,8-9,12,14-15H2,1-7H3/t22-,23-,25-/m0/s1. The number of methoxy groups -OCH3 is 1. The van der Waals surface area contributed by atoms with Gasteiger partial charge in [-0.3, -0.25) is 9.69 Å². The van der Waals surface area contributed by atoms with Gasteiger partial charge in [0.25, 0.3) is 0 Å².